The zero-order valence-electron chi connectivity index (χ0n) is 13.1. The van der Waals surface area contributed by atoms with Gasteiger partial charge in [0.1, 0.15) is 5.76 Å². The zero-order valence-corrected chi connectivity index (χ0v) is 13.9. The summed E-state index contributed by atoms with van der Waals surface area (Å²) in [5.41, 5.74) is 2.11. The largest absolute Gasteiger partial charge is 0.361 e. The lowest BCUT2D eigenvalue weighted by Gasteiger charge is -2.19. The summed E-state index contributed by atoms with van der Waals surface area (Å²) in [6, 6.07) is 0.188. The van der Waals surface area contributed by atoms with E-state index in [0.29, 0.717) is 5.25 Å². The van der Waals surface area contributed by atoms with Crippen LogP contribution in [0.1, 0.15) is 56.7 Å². The normalized spacial score (nSPS) is 20.3. The number of amidine groups is 1. The summed E-state index contributed by atoms with van der Waals surface area (Å²) in [5, 5.41) is 9.22. The van der Waals surface area contributed by atoms with Gasteiger partial charge in [-0.1, -0.05) is 43.6 Å². The Hall–Kier alpha value is -0.970. The molecule has 1 aromatic heterocycles. The van der Waals surface area contributed by atoms with Crippen LogP contribution in [0.3, 0.4) is 0 Å². The van der Waals surface area contributed by atoms with Gasteiger partial charge in [-0.3, -0.25) is 4.99 Å². The van der Waals surface area contributed by atoms with Gasteiger partial charge in [-0.25, -0.2) is 0 Å². The second-order valence-corrected chi connectivity index (χ2v) is 6.71. The summed E-state index contributed by atoms with van der Waals surface area (Å²) in [4.78, 5) is 4.66. The second-order valence-electron chi connectivity index (χ2n) is 5.48. The van der Waals surface area contributed by atoms with Crippen LogP contribution in [-0.4, -0.2) is 22.1 Å². The van der Waals surface area contributed by atoms with Crippen molar-refractivity contribution in [3.63, 3.8) is 0 Å². The Morgan fingerprint density at radius 1 is 1.35 bits per heavy atom. The molecular formula is C15H25N3OS. The molecule has 0 aromatic carbocycles. The van der Waals surface area contributed by atoms with Crippen LogP contribution in [0.15, 0.2) is 9.52 Å². The molecule has 1 aliphatic heterocycles. The fourth-order valence-electron chi connectivity index (χ4n) is 2.90. The molecule has 1 N–H and O–H groups in total. The van der Waals surface area contributed by atoms with Crippen LogP contribution in [-0.2, 0) is 0 Å². The fraction of sp³-hybridized carbons (Fsp3) is 0.733. The standard InChI is InChI=1S/C15H25N3OS/c1-6-12(7-2)13-8-16-15(20-13)17-9(3)14-10(4)18-19-11(14)5/h9,12-13H,6-8H2,1-5H3,(H,16,17). The molecule has 112 valence electrons. The first-order chi connectivity index (χ1) is 9.56. The van der Waals surface area contributed by atoms with Crippen molar-refractivity contribution in [1.29, 1.82) is 0 Å². The molecule has 0 amide bonds. The number of aliphatic imine (C=N–C) groups is 1. The summed E-state index contributed by atoms with van der Waals surface area (Å²) < 4.78 is 5.24. The molecule has 2 atom stereocenters. The maximum absolute atomic E-state index is 5.24. The maximum Gasteiger partial charge on any atom is 0.157 e. The monoisotopic (exact) mass is 295 g/mol. The number of hydrogen-bond donors (Lipinski definition) is 1. The lowest BCUT2D eigenvalue weighted by Crippen LogP contribution is -2.25. The van der Waals surface area contributed by atoms with Gasteiger partial charge in [0.05, 0.1) is 18.3 Å². The molecule has 2 rings (SSSR count). The highest BCUT2D eigenvalue weighted by molar-refractivity contribution is 8.14. The van der Waals surface area contributed by atoms with E-state index in [1.807, 2.05) is 25.6 Å². The zero-order chi connectivity index (χ0) is 14.7. The van der Waals surface area contributed by atoms with Crippen molar-refractivity contribution in [3.8, 4) is 0 Å². The highest BCUT2D eigenvalue weighted by atomic mass is 32.2. The van der Waals surface area contributed by atoms with E-state index in [1.165, 1.54) is 12.8 Å². The van der Waals surface area contributed by atoms with Gasteiger partial charge in [-0.05, 0) is 26.7 Å². The molecule has 4 nitrogen and oxygen atoms in total. The molecule has 1 aromatic rings. The summed E-state index contributed by atoms with van der Waals surface area (Å²) in [5.74, 6) is 1.65. The summed E-state index contributed by atoms with van der Waals surface area (Å²) in [6.45, 7) is 11.6. The Balaban J connectivity index is 1.95. The van der Waals surface area contributed by atoms with Crippen LogP contribution in [0.25, 0.3) is 0 Å². The molecular weight excluding hydrogens is 270 g/mol. The summed E-state index contributed by atoms with van der Waals surface area (Å²) in [7, 11) is 0. The SMILES string of the molecule is CCC(CC)C1CN=C(NC(C)c2c(C)noc2C)S1. The smallest absolute Gasteiger partial charge is 0.157 e. The van der Waals surface area contributed by atoms with Gasteiger partial charge in [-0.15, -0.1) is 0 Å². The van der Waals surface area contributed by atoms with Crippen LogP contribution < -0.4 is 5.32 Å². The van der Waals surface area contributed by atoms with E-state index in [-0.39, 0.29) is 6.04 Å². The lowest BCUT2D eigenvalue weighted by atomic mass is 9.99. The number of aromatic nitrogens is 1. The predicted molar refractivity (Wildman–Crippen MR) is 85.3 cm³/mol. The van der Waals surface area contributed by atoms with E-state index in [4.69, 9.17) is 4.52 Å². The van der Waals surface area contributed by atoms with E-state index in [9.17, 15) is 0 Å². The molecule has 2 unspecified atom stereocenters. The minimum absolute atomic E-state index is 0.188. The topological polar surface area (TPSA) is 50.4 Å². The molecule has 2 heterocycles. The molecule has 0 bridgehead atoms. The molecule has 0 spiro atoms. The molecule has 0 radical (unpaired) electrons. The van der Waals surface area contributed by atoms with E-state index >= 15 is 0 Å². The quantitative estimate of drug-likeness (QED) is 0.896. The van der Waals surface area contributed by atoms with E-state index in [2.05, 4.69) is 36.2 Å². The molecule has 5 heteroatoms. The van der Waals surface area contributed by atoms with Crippen LogP contribution in [0.4, 0.5) is 0 Å². The van der Waals surface area contributed by atoms with Crippen LogP contribution >= 0.6 is 11.8 Å². The van der Waals surface area contributed by atoms with Gasteiger partial charge in [0.25, 0.3) is 0 Å². The number of hydrogen-bond acceptors (Lipinski definition) is 5. The van der Waals surface area contributed by atoms with E-state index < -0.39 is 0 Å². The molecule has 0 saturated carbocycles. The average molecular weight is 295 g/mol. The highest BCUT2D eigenvalue weighted by Crippen LogP contribution is 2.31. The van der Waals surface area contributed by atoms with Crippen molar-refractivity contribution in [3.05, 3.63) is 17.0 Å². The first kappa shape index (κ1) is 15.4. The van der Waals surface area contributed by atoms with E-state index in [1.54, 1.807) is 0 Å². The molecule has 0 saturated heterocycles. The highest BCUT2D eigenvalue weighted by Gasteiger charge is 2.27. The Labute approximate surface area is 125 Å². The Kier molecular flexibility index (Phi) is 5.13. The number of nitrogens with one attached hydrogen (secondary N) is 1. The molecule has 0 aliphatic carbocycles. The number of thioether (sulfide) groups is 1. The van der Waals surface area contributed by atoms with Crippen molar-refractivity contribution >= 4 is 16.9 Å². The average Bonchev–Trinajstić information content (AvgIpc) is 2.99. The van der Waals surface area contributed by atoms with Gasteiger partial charge in [0, 0.05) is 10.8 Å². The first-order valence-corrected chi connectivity index (χ1v) is 8.35. The van der Waals surface area contributed by atoms with Gasteiger partial charge >= 0.3 is 0 Å². The Morgan fingerprint density at radius 3 is 2.60 bits per heavy atom. The summed E-state index contributed by atoms with van der Waals surface area (Å²) in [6.07, 6.45) is 2.47. The lowest BCUT2D eigenvalue weighted by molar-refractivity contribution is 0.391. The Morgan fingerprint density at radius 2 is 2.05 bits per heavy atom. The van der Waals surface area contributed by atoms with Gasteiger partial charge in [0.15, 0.2) is 5.17 Å². The van der Waals surface area contributed by atoms with Crippen LogP contribution in [0, 0.1) is 19.8 Å². The molecule has 0 fully saturated rings. The number of nitrogens with zero attached hydrogens (tertiary/aromatic N) is 2. The molecule has 20 heavy (non-hydrogen) atoms. The van der Waals surface area contributed by atoms with Gasteiger partial charge in [0.2, 0.25) is 0 Å². The van der Waals surface area contributed by atoms with Crippen LogP contribution in [0.2, 0.25) is 0 Å². The van der Waals surface area contributed by atoms with Gasteiger partial charge < -0.3 is 9.84 Å². The minimum atomic E-state index is 0.188. The van der Waals surface area contributed by atoms with Gasteiger partial charge in [-0.2, -0.15) is 0 Å². The van der Waals surface area contributed by atoms with E-state index in [0.717, 1.165) is 34.6 Å². The maximum atomic E-state index is 5.24. The summed E-state index contributed by atoms with van der Waals surface area (Å²) >= 11 is 1.89. The van der Waals surface area contributed by atoms with Crippen molar-refractivity contribution in [1.82, 2.24) is 10.5 Å². The third-order valence-electron chi connectivity index (χ3n) is 4.11. The fourth-order valence-corrected chi connectivity index (χ4v) is 4.30. The minimum Gasteiger partial charge on any atom is -0.361 e. The van der Waals surface area contributed by atoms with Crippen molar-refractivity contribution in [2.24, 2.45) is 10.9 Å². The third-order valence-corrected chi connectivity index (χ3v) is 5.42. The van der Waals surface area contributed by atoms with Crippen molar-refractivity contribution < 1.29 is 4.52 Å². The van der Waals surface area contributed by atoms with Crippen molar-refractivity contribution in [2.45, 2.75) is 58.8 Å². The first-order valence-electron chi connectivity index (χ1n) is 7.47. The van der Waals surface area contributed by atoms with Crippen LogP contribution in [0.5, 0.6) is 0 Å². The predicted octanol–water partition coefficient (Wildman–Crippen LogP) is 3.85. The number of rotatable bonds is 5. The van der Waals surface area contributed by atoms with Crippen molar-refractivity contribution in [2.75, 3.05) is 6.54 Å². The Bertz CT molecular complexity index is 460. The third kappa shape index (κ3) is 3.19. The number of aryl methyl sites for hydroxylation is 2. The second kappa shape index (κ2) is 6.66. The molecule has 1 aliphatic rings.